The molecule has 3 aromatic carbocycles. The summed E-state index contributed by atoms with van der Waals surface area (Å²) in [5, 5.41) is 21.2. The van der Waals surface area contributed by atoms with Gasteiger partial charge in [0.05, 0.1) is 25.2 Å². The molecule has 0 aromatic heterocycles. The summed E-state index contributed by atoms with van der Waals surface area (Å²) in [6.45, 7) is 9.64. The fourth-order valence-electron chi connectivity index (χ4n) is 8.29. The third-order valence-corrected chi connectivity index (χ3v) is 10.1. The van der Waals surface area contributed by atoms with Crippen molar-refractivity contribution in [1.82, 2.24) is 10.2 Å². The predicted molar refractivity (Wildman–Crippen MR) is 180 cm³/mol. The maximum Gasteiger partial charge on any atom is 0.303 e. The van der Waals surface area contributed by atoms with E-state index in [-0.39, 0.29) is 37.6 Å². The smallest absolute Gasteiger partial charge is 0.303 e. The zero-order valence-electron chi connectivity index (χ0n) is 27.8. The molecule has 250 valence electrons. The number of carboxylic acid groups (broad SMARTS) is 1. The van der Waals surface area contributed by atoms with Crippen LogP contribution in [0.2, 0.25) is 0 Å². The number of hydrogen-bond donors (Lipinski definition) is 3. The van der Waals surface area contributed by atoms with Crippen molar-refractivity contribution in [2.75, 3.05) is 13.1 Å². The summed E-state index contributed by atoms with van der Waals surface area (Å²) in [4.78, 5) is 25.4. The number of carbonyl (C=O) groups is 2. The zero-order valence-corrected chi connectivity index (χ0v) is 27.8. The van der Waals surface area contributed by atoms with Crippen LogP contribution in [0.25, 0.3) is 11.1 Å². The van der Waals surface area contributed by atoms with Crippen LogP contribution in [0.5, 0.6) is 0 Å². The molecule has 3 aromatic rings. The second-order valence-corrected chi connectivity index (χ2v) is 15.0. The van der Waals surface area contributed by atoms with E-state index in [1.807, 2.05) is 36.4 Å². The Morgan fingerprint density at radius 3 is 2.36 bits per heavy atom. The highest BCUT2D eigenvalue weighted by molar-refractivity contribution is 5.80. The molecule has 2 aliphatic heterocycles. The van der Waals surface area contributed by atoms with Gasteiger partial charge in [-0.1, -0.05) is 87.5 Å². The van der Waals surface area contributed by atoms with Gasteiger partial charge in [0.15, 0.2) is 6.29 Å². The number of ether oxygens (including phenoxy) is 2. The van der Waals surface area contributed by atoms with Crippen LogP contribution in [0.4, 0.5) is 0 Å². The molecule has 3 aliphatic rings. The first-order valence-electron chi connectivity index (χ1n) is 16.9. The number of carboxylic acids is 1. The molecular weight excluding hydrogens is 592 g/mol. The molecule has 8 heteroatoms. The second-order valence-electron chi connectivity index (χ2n) is 15.0. The summed E-state index contributed by atoms with van der Waals surface area (Å²) in [7, 11) is 0. The number of amides is 1. The fraction of sp³-hybridized carbons (Fsp3) is 0.487. The van der Waals surface area contributed by atoms with Gasteiger partial charge in [-0.05, 0) is 64.0 Å². The minimum Gasteiger partial charge on any atom is -0.481 e. The zero-order chi connectivity index (χ0) is 33.2. The van der Waals surface area contributed by atoms with Gasteiger partial charge in [0, 0.05) is 44.1 Å². The number of hydrogen-bond acceptors (Lipinski definition) is 6. The summed E-state index contributed by atoms with van der Waals surface area (Å²) in [5.41, 5.74) is 6.66. The number of aliphatic carboxylic acids is 1. The van der Waals surface area contributed by atoms with Crippen molar-refractivity contribution in [1.29, 1.82) is 0 Å². The van der Waals surface area contributed by atoms with Crippen LogP contribution in [-0.2, 0) is 32.2 Å². The Morgan fingerprint density at radius 2 is 1.64 bits per heavy atom. The molecule has 8 nitrogen and oxygen atoms in total. The first-order valence-corrected chi connectivity index (χ1v) is 16.9. The maximum absolute atomic E-state index is 12.0. The van der Waals surface area contributed by atoms with Gasteiger partial charge in [0.2, 0.25) is 5.91 Å². The van der Waals surface area contributed by atoms with Crippen molar-refractivity contribution in [3.05, 3.63) is 95.1 Å². The molecule has 1 aliphatic carbocycles. The van der Waals surface area contributed by atoms with Gasteiger partial charge in [0.1, 0.15) is 0 Å². The molecule has 1 amide bonds. The van der Waals surface area contributed by atoms with Gasteiger partial charge < -0.3 is 25.0 Å². The lowest BCUT2D eigenvalue weighted by Crippen LogP contribution is -2.42. The van der Waals surface area contributed by atoms with Crippen molar-refractivity contribution in [3.63, 3.8) is 0 Å². The largest absolute Gasteiger partial charge is 0.481 e. The Hall–Kier alpha value is -3.56. The third kappa shape index (κ3) is 8.30. The lowest BCUT2D eigenvalue weighted by Gasteiger charge is -2.41. The van der Waals surface area contributed by atoms with Crippen LogP contribution in [0.1, 0.15) is 93.9 Å². The van der Waals surface area contributed by atoms with Crippen molar-refractivity contribution in [2.45, 2.75) is 97.0 Å². The minimum absolute atomic E-state index is 0.0162. The number of fused-ring (bicyclic) bond motifs is 2. The number of nitrogens with zero attached hydrogens (tertiary/aromatic N) is 1. The highest BCUT2D eigenvalue weighted by atomic mass is 16.7. The van der Waals surface area contributed by atoms with E-state index in [0.29, 0.717) is 23.4 Å². The van der Waals surface area contributed by atoms with E-state index >= 15 is 0 Å². The predicted octanol–water partition coefficient (Wildman–Crippen LogP) is 6.77. The quantitative estimate of drug-likeness (QED) is 0.212. The van der Waals surface area contributed by atoms with Crippen LogP contribution >= 0.6 is 0 Å². The molecule has 2 bridgehead atoms. The van der Waals surface area contributed by atoms with Crippen LogP contribution in [0, 0.1) is 10.8 Å². The first kappa shape index (κ1) is 33.3. The van der Waals surface area contributed by atoms with Crippen molar-refractivity contribution < 1.29 is 29.3 Å². The van der Waals surface area contributed by atoms with E-state index in [1.165, 1.54) is 19.3 Å². The molecule has 6 rings (SSSR count). The molecule has 2 saturated heterocycles. The molecule has 5 atom stereocenters. The number of benzene rings is 3. The van der Waals surface area contributed by atoms with E-state index in [4.69, 9.17) is 14.6 Å². The van der Waals surface area contributed by atoms with E-state index in [9.17, 15) is 14.7 Å². The molecule has 1 saturated carbocycles. The van der Waals surface area contributed by atoms with Gasteiger partial charge in [-0.25, -0.2) is 0 Å². The molecular formula is C39H48N2O6. The van der Waals surface area contributed by atoms with E-state index < -0.39 is 12.3 Å². The Kier molecular flexibility index (Phi) is 9.85. The Labute approximate surface area is 278 Å². The summed E-state index contributed by atoms with van der Waals surface area (Å²) in [6.07, 6.45) is 3.69. The summed E-state index contributed by atoms with van der Waals surface area (Å²) < 4.78 is 13.4. The Balaban J connectivity index is 1.17. The molecule has 5 unspecified atom stereocenters. The molecule has 3 N–H and O–H groups in total. The third-order valence-electron chi connectivity index (χ3n) is 10.1. The van der Waals surface area contributed by atoms with Crippen molar-refractivity contribution in [2.24, 2.45) is 10.8 Å². The van der Waals surface area contributed by atoms with Crippen molar-refractivity contribution in [3.8, 4) is 11.1 Å². The highest BCUT2D eigenvalue weighted by Crippen LogP contribution is 2.53. The topological polar surface area (TPSA) is 108 Å². The number of aliphatic hydroxyl groups excluding tert-OH is 1. The summed E-state index contributed by atoms with van der Waals surface area (Å²) >= 11 is 0. The molecule has 2 heterocycles. The van der Waals surface area contributed by atoms with Gasteiger partial charge >= 0.3 is 5.97 Å². The van der Waals surface area contributed by atoms with Gasteiger partial charge in [-0.15, -0.1) is 0 Å². The first-order chi connectivity index (χ1) is 22.5. The second kappa shape index (κ2) is 13.9. The lowest BCUT2D eigenvalue weighted by molar-refractivity contribution is -0.253. The van der Waals surface area contributed by atoms with E-state index in [2.05, 4.69) is 67.4 Å². The number of nitrogens with one attached hydrogen (secondary N) is 1. The summed E-state index contributed by atoms with van der Waals surface area (Å²) in [5.74, 6) is -1.26. The lowest BCUT2D eigenvalue weighted by atomic mass is 9.65. The average Bonchev–Trinajstić information content (AvgIpc) is 3.29. The number of carbonyl (C=O) groups excluding carboxylic acids is 1. The molecule has 3 fully saturated rings. The fourth-order valence-corrected chi connectivity index (χ4v) is 8.29. The average molecular weight is 641 g/mol. The van der Waals surface area contributed by atoms with Gasteiger partial charge in [0.25, 0.3) is 0 Å². The number of aliphatic hydroxyl groups is 1. The van der Waals surface area contributed by atoms with E-state index in [1.54, 1.807) is 0 Å². The Bertz CT molecular complexity index is 1550. The van der Waals surface area contributed by atoms with Crippen LogP contribution in [-0.4, -0.2) is 52.2 Å². The van der Waals surface area contributed by atoms with Gasteiger partial charge in [-0.3, -0.25) is 14.5 Å². The SMILES string of the molecule is CC1(C)CC2CC(C)(CN2CC2CC(c3ccc(CO)cc3)OC(c3ccc(-c4cccc(CNC(=O)CCC(=O)O)c4)cc3)O2)C1. The molecule has 0 radical (unpaired) electrons. The Morgan fingerprint density at radius 1 is 0.894 bits per heavy atom. The number of likely N-dealkylation sites (tertiary alicyclic amines) is 1. The summed E-state index contributed by atoms with van der Waals surface area (Å²) in [6, 6.07) is 24.9. The van der Waals surface area contributed by atoms with Crippen LogP contribution in [0.15, 0.2) is 72.8 Å². The maximum atomic E-state index is 12.0. The van der Waals surface area contributed by atoms with Crippen LogP contribution in [0.3, 0.4) is 0 Å². The molecule has 0 spiro atoms. The monoisotopic (exact) mass is 640 g/mol. The molecule has 47 heavy (non-hydrogen) atoms. The highest BCUT2D eigenvalue weighted by Gasteiger charge is 2.50. The minimum atomic E-state index is -0.982. The standard InChI is InChI=1S/C39H48N2O6/c1-38(2)19-32-20-39(3,24-38)25-41(32)22-33-18-34(29-9-7-26(23-42)8-10-29)47-37(46-33)30-13-11-28(12-14-30)31-6-4-5-27(17-31)21-40-35(43)15-16-36(44)45/h4-14,17,32-34,37,42H,15-16,18-25H2,1-3H3,(H,40,43)(H,44,45). The number of rotatable bonds is 11. The van der Waals surface area contributed by atoms with Gasteiger partial charge in [-0.2, -0.15) is 0 Å². The van der Waals surface area contributed by atoms with E-state index in [0.717, 1.165) is 52.9 Å². The normalized spacial score (nSPS) is 27.0. The van der Waals surface area contributed by atoms with Crippen LogP contribution < -0.4 is 5.32 Å². The van der Waals surface area contributed by atoms with Crippen molar-refractivity contribution >= 4 is 11.9 Å².